The fourth-order valence-electron chi connectivity index (χ4n) is 1.87. The molecule has 0 N–H and O–H groups in total. The Bertz CT molecular complexity index is 165. The summed E-state index contributed by atoms with van der Waals surface area (Å²) in [4.78, 5) is 0. The van der Waals surface area contributed by atoms with E-state index in [4.69, 9.17) is 0 Å². The van der Waals surface area contributed by atoms with Crippen molar-refractivity contribution in [3.05, 3.63) is 0 Å². The van der Waals surface area contributed by atoms with E-state index in [2.05, 4.69) is 13.8 Å². The quantitative estimate of drug-likeness (QED) is 0.651. The lowest BCUT2D eigenvalue weighted by Crippen LogP contribution is -2.28. The van der Waals surface area contributed by atoms with Crippen LogP contribution in [0.5, 0.6) is 0 Å². The van der Waals surface area contributed by atoms with Crippen LogP contribution in [0.4, 0.5) is 0 Å². The van der Waals surface area contributed by atoms with Crippen LogP contribution >= 0.6 is 0 Å². The summed E-state index contributed by atoms with van der Waals surface area (Å²) in [5, 5.41) is 0.503. The number of hydrogen-bond donors (Lipinski definition) is 0. The standard InChI is InChI=1S/C10H20OS/c1-4-12(11)9-5-7-10(2,3)8-6-9/h9H,4-8H2,1-3H3. The molecule has 0 bridgehead atoms. The van der Waals surface area contributed by atoms with Crippen molar-refractivity contribution in [1.29, 1.82) is 0 Å². The van der Waals surface area contributed by atoms with Crippen molar-refractivity contribution in [2.45, 2.75) is 51.7 Å². The molecule has 0 aliphatic heterocycles. The Morgan fingerprint density at radius 3 is 2.25 bits per heavy atom. The van der Waals surface area contributed by atoms with E-state index in [1.165, 1.54) is 25.7 Å². The van der Waals surface area contributed by atoms with Crippen molar-refractivity contribution in [3.8, 4) is 0 Å². The van der Waals surface area contributed by atoms with Crippen molar-refractivity contribution in [1.82, 2.24) is 0 Å². The second-order valence-corrected chi connectivity index (χ2v) is 6.54. The first-order chi connectivity index (χ1) is 5.55. The predicted octanol–water partition coefficient (Wildman–Crippen LogP) is 2.72. The molecule has 0 saturated heterocycles. The summed E-state index contributed by atoms with van der Waals surface area (Å²) in [5.41, 5.74) is 0.508. The van der Waals surface area contributed by atoms with E-state index in [9.17, 15) is 4.21 Å². The monoisotopic (exact) mass is 188 g/mol. The topological polar surface area (TPSA) is 17.1 Å². The van der Waals surface area contributed by atoms with Crippen molar-refractivity contribution >= 4 is 10.8 Å². The van der Waals surface area contributed by atoms with E-state index in [1.807, 2.05) is 6.92 Å². The summed E-state index contributed by atoms with van der Waals surface area (Å²) in [6, 6.07) is 0. The van der Waals surface area contributed by atoms with Crippen LogP contribution in [0.1, 0.15) is 46.5 Å². The molecule has 12 heavy (non-hydrogen) atoms. The van der Waals surface area contributed by atoms with Gasteiger partial charge in [0.05, 0.1) is 0 Å². The SMILES string of the molecule is CCS(=O)C1CCC(C)(C)CC1. The average Bonchev–Trinajstić information content (AvgIpc) is 2.03. The van der Waals surface area contributed by atoms with E-state index >= 15 is 0 Å². The van der Waals surface area contributed by atoms with E-state index in [-0.39, 0.29) is 0 Å². The molecule has 1 rings (SSSR count). The average molecular weight is 188 g/mol. The Morgan fingerprint density at radius 2 is 1.83 bits per heavy atom. The first-order valence-corrected chi connectivity index (χ1v) is 6.30. The van der Waals surface area contributed by atoms with E-state index < -0.39 is 10.8 Å². The van der Waals surface area contributed by atoms with Gasteiger partial charge in [0.2, 0.25) is 0 Å². The molecule has 1 fully saturated rings. The molecule has 1 nitrogen and oxygen atoms in total. The third-order valence-corrected chi connectivity index (χ3v) is 4.73. The van der Waals surface area contributed by atoms with Gasteiger partial charge in [-0.15, -0.1) is 0 Å². The summed E-state index contributed by atoms with van der Waals surface area (Å²) in [6.07, 6.45) is 4.85. The van der Waals surface area contributed by atoms with Gasteiger partial charge in [0.1, 0.15) is 0 Å². The molecule has 0 amide bonds. The second-order valence-electron chi connectivity index (χ2n) is 4.53. The first kappa shape index (κ1) is 10.2. The lowest BCUT2D eigenvalue weighted by molar-refractivity contribution is 0.248. The van der Waals surface area contributed by atoms with Gasteiger partial charge in [0.25, 0.3) is 0 Å². The minimum absolute atomic E-state index is 0.503. The van der Waals surface area contributed by atoms with Crippen molar-refractivity contribution in [2.75, 3.05) is 5.75 Å². The normalized spacial score (nSPS) is 26.9. The van der Waals surface area contributed by atoms with Crippen molar-refractivity contribution in [2.24, 2.45) is 5.41 Å². The molecular weight excluding hydrogens is 168 g/mol. The molecule has 0 aromatic carbocycles. The Kier molecular flexibility index (Phi) is 3.33. The van der Waals surface area contributed by atoms with E-state index in [1.54, 1.807) is 0 Å². The van der Waals surface area contributed by atoms with Crippen LogP contribution < -0.4 is 0 Å². The lowest BCUT2D eigenvalue weighted by atomic mass is 9.77. The molecule has 2 heteroatoms. The summed E-state index contributed by atoms with van der Waals surface area (Å²) >= 11 is 0. The summed E-state index contributed by atoms with van der Waals surface area (Å²) in [6.45, 7) is 6.66. The zero-order valence-electron chi connectivity index (χ0n) is 8.43. The third kappa shape index (κ3) is 2.58. The molecule has 1 aliphatic carbocycles. The van der Waals surface area contributed by atoms with Gasteiger partial charge in [0, 0.05) is 21.8 Å². The molecule has 0 spiro atoms. The maximum atomic E-state index is 11.5. The van der Waals surface area contributed by atoms with Crippen LogP contribution in [0.25, 0.3) is 0 Å². The minimum atomic E-state index is -0.547. The maximum absolute atomic E-state index is 11.5. The molecular formula is C10H20OS. The number of hydrogen-bond acceptors (Lipinski definition) is 1. The van der Waals surface area contributed by atoms with E-state index in [0.29, 0.717) is 10.7 Å². The largest absolute Gasteiger partial charge is 0.259 e. The minimum Gasteiger partial charge on any atom is -0.259 e. The zero-order valence-corrected chi connectivity index (χ0v) is 9.25. The Morgan fingerprint density at radius 1 is 1.33 bits per heavy atom. The van der Waals surface area contributed by atoms with Crippen LogP contribution in [-0.2, 0) is 10.8 Å². The van der Waals surface area contributed by atoms with Crippen LogP contribution in [0.15, 0.2) is 0 Å². The van der Waals surface area contributed by atoms with Crippen molar-refractivity contribution < 1.29 is 4.21 Å². The van der Waals surface area contributed by atoms with Gasteiger partial charge in [0.15, 0.2) is 0 Å². The highest BCUT2D eigenvalue weighted by molar-refractivity contribution is 7.85. The molecule has 0 heterocycles. The maximum Gasteiger partial charge on any atom is 0.0348 e. The third-order valence-electron chi connectivity index (χ3n) is 2.94. The Hall–Kier alpha value is 0.150. The van der Waals surface area contributed by atoms with Crippen LogP contribution in [0.2, 0.25) is 0 Å². The zero-order chi connectivity index (χ0) is 9.19. The summed E-state index contributed by atoms with van der Waals surface area (Å²) < 4.78 is 11.5. The molecule has 72 valence electrons. The Labute approximate surface area is 78.4 Å². The van der Waals surface area contributed by atoms with Crippen LogP contribution in [-0.4, -0.2) is 15.2 Å². The highest BCUT2D eigenvalue weighted by Gasteiger charge is 2.28. The van der Waals surface area contributed by atoms with Gasteiger partial charge in [-0.25, -0.2) is 0 Å². The molecule has 1 aliphatic rings. The van der Waals surface area contributed by atoms with Gasteiger partial charge in [-0.1, -0.05) is 20.8 Å². The predicted molar refractivity (Wildman–Crippen MR) is 54.7 cm³/mol. The highest BCUT2D eigenvalue weighted by atomic mass is 32.2. The lowest BCUT2D eigenvalue weighted by Gasteiger charge is -2.33. The first-order valence-electron chi connectivity index (χ1n) is 4.92. The van der Waals surface area contributed by atoms with Crippen molar-refractivity contribution in [3.63, 3.8) is 0 Å². The molecule has 0 aromatic heterocycles. The summed E-state index contributed by atoms with van der Waals surface area (Å²) in [7, 11) is -0.547. The smallest absolute Gasteiger partial charge is 0.0348 e. The molecule has 1 saturated carbocycles. The molecule has 1 unspecified atom stereocenters. The van der Waals surface area contributed by atoms with Gasteiger partial charge in [-0.3, -0.25) is 4.21 Å². The van der Waals surface area contributed by atoms with Gasteiger partial charge >= 0.3 is 0 Å². The Balaban J connectivity index is 2.41. The van der Waals surface area contributed by atoms with Gasteiger partial charge < -0.3 is 0 Å². The van der Waals surface area contributed by atoms with Gasteiger partial charge in [-0.2, -0.15) is 0 Å². The van der Waals surface area contributed by atoms with Crippen LogP contribution in [0.3, 0.4) is 0 Å². The molecule has 0 radical (unpaired) electrons. The number of rotatable bonds is 2. The highest BCUT2D eigenvalue weighted by Crippen LogP contribution is 2.36. The fraction of sp³-hybridized carbons (Fsp3) is 1.00. The van der Waals surface area contributed by atoms with E-state index in [0.717, 1.165) is 5.75 Å². The summed E-state index contributed by atoms with van der Waals surface area (Å²) in [5.74, 6) is 0.838. The van der Waals surface area contributed by atoms with Crippen LogP contribution in [0, 0.1) is 5.41 Å². The van der Waals surface area contributed by atoms with Gasteiger partial charge in [-0.05, 0) is 31.1 Å². The molecule has 1 atom stereocenters. The second kappa shape index (κ2) is 3.91. The molecule has 0 aromatic rings. The fourth-order valence-corrected chi connectivity index (χ4v) is 3.10.